The minimum Gasteiger partial charge on any atom is -0.395 e. The third kappa shape index (κ3) is 2.97. The molecule has 0 bridgehead atoms. The number of aliphatic hydroxyl groups excluding tert-OH is 2. The Balaban J connectivity index is 2.84. The molecule has 2 unspecified atom stereocenters. The van der Waals surface area contributed by atoms with Crippen molar-refractivity contribution in [2.45, 2.75) is 30.2 Å². The maximum absolute atomic E-state index is 9.47. The molecule has 0 aliphatic carbocycles. The lowest BCUT2D eigenvalue weighted by Crippen LogP contribution is -2.04. The summed E-state index contributed by atoms with van der Waals surface area (Å²) in [6.45, 7) is 3.75. The maximum Gasteiger partial charge on any atom is 0.102 e. The zero-order valence-electron chi connectivity index (χ0n) is 8.34. The monoisotopic (exact) mass is 213 g/mol. The summed E-state index contributed by atoms with van der Waals surface area (Å²) in [4.78, 5) is 4.18. The SMILES string of the molecule is CC(CO)Sc1ncccc1C(C)O. The van der Waals surface area contributed by atoms with Gasteiger partial charge in [0.05, 0.1) is 12.7 Å². The molecule has 0 amide bonds. The Morgan fingerprint density at radius 1 is 1.50 bits per heavy atom. The van der Waals surface area contributed by atoms with E-state index in [9.17, 15) is 5.11 Å². The molecule has 0 radical (unpaired) electrons. The van der Waals surface area contributed by atoms with Crippen LogP contribution in [0.25, 0.3) is 0 Å². The van der Waals surface area contributed by atoms with Crippen molar-refractivity contribution >= 4 is 11.8 Å². The molecule has 0 aliphatic heterocycles. The molecule has 14 heavy (non-hydrogen) atoms. The van der Waals surface area contributed by atoms with E-state index in [1.165, 1.54) is 11.8 Å². The van der Waals surface area contributed by atoms with Gasteiger partial charge < -0.3 is 10.2 Å². The van der Waals surface area contributed by atoms with Crippen molar-refractivity contribution in [3.63, 3.8) is 0 Å². The van der Waals surface area contributed by atoms with Crippen molar-refractivity contribution in [2.75, 3.05) is 6.61 Å². The van der Waals surface area contributed by atoms with Gasteiger partial charge in [-0.3, -0.25) is 0 Å². The first-order valence-electron chi connectivity index (χ1n) is 4.55. The fraction of sp³-hybridized carbons (Fsp3) is 0.500. The van der Waals surface area contributed by atoms with Crippen molar-refractivity contribution in [1.82, 2.24) is 4.98 Å². The van der Waals surface area contributed by atoms with Gasteiger partial charge >= 0.3 is 0 Å². The Labute approximate surface area is 88.2 Å². The number of pyridine rings is 1. The Morgan fingerprint density at radius 2 is 2.21 bits per heavy atom. The fourth-order valence-electron chi connectivity index (χ4n) is 1.05. The normalized spacial score (nSPS) is 15.1. The van der Waals surface area contributed by atoms with Gasteiger partial charge in [0.25, 0.3) is 0 Å². The van der Waals surface area contributed by atoms with Gasteiger partial charge in [-0.2, -0.15) is 0 Å². The first-order valence-corrected chi connectivity index (χ1v) is 5.43. The van der Waals surface area contributed by atoms with Gasteiger partial charge in [0.15, 0.2) is 0 Å². The molecule has 2 atom stereocenters. The highest BCUT2D eigenvalue weighted by Gasteiger charge is 2.11. The number of rotatable bonds is 4. The second-order valence-electron chi connectivity index (χ2n) is 3.18. The van der Waals surface area contributed by atoms with Gasteiger partial charge in [-0.05, 0) is 13.0 Å². The lowest BCUT2D eigenvalue weighted by atomic mass is 10.2. The van der Waals surface area contributed by atoms with Crippen LogP contribution in [-0.4, -0.2) is 27.1 Å². The predicted octanol–water partition coefficient (Wildman–Crippen LogP) is 1.61. The van der Waals surface area contributed by atoms with E-state index in [0.29, 0.717) is 0 Å². The Bertz CT molecular complexity index is 291. The summed E-state index contributed by atoms with van der Waals surface area (Å²) in [5.41, 5.74) is 0.817. The molecule has 1 aromatic rings. The molecule has 0 aromatic carbocycles. The topological polar surface area (TPSA) is 53.4 Å². The zero-order valence-corrected chi connectivity index (χ0v) is 9.16. The van der Waals surface area contributed by atoms with Crippen LogP contribution >= 0.6 is 11.8 Å². The molecule has 1 heterocycles. The van der Waals surface area contributed by atoms with E-state index in [0.717, 1.165) is 10.6 Å². The van der Waals surface area contributed by atoms with E-state index in [1.54, 1.807) is 19.2 Å². The van der Waals surface area contributed by atoms with E-state index in [4.69, 9.17) is 5.11 Å². The summed E-state index contributed by atoms with van der Waals surface area (Å²) >= 11 is 1.48. The van der Waals surface area contributed by atoms with Crippen molar-refractivity contribution in [2.24, 2.45) is 0 Å². The molecule has 0 aliphatic rings. The molecule has 3 nitrogen and oxygen atoms in total. The van der Waals surface area contributed by atoms with E-state index >= 15 is 0 Å². The largest absolute Gasteiger partial charge is 0.395 e. The average molecular weight is 213 g/mol. The number of thioether (sulfide) groups is 1. The molecule has 4 heteroatoms. The molecule has 0 spiro atoms. The van der Waals surface area contributed by atoms with Crippen LogP contribution in [0.1, 0.15) is 25.5 Å². The van der Waals surface area contributed by atoms with Gasteiger partial charge in [-0.25, -0.2) is 4.98 Å². The summed E-state index contributed by atoms with van der Waals surface area (Å²) in [6.07, 6.45) is 1.18. The zero-order chi connectivity index (χ0) is 10.6. The van der Waals surface area contributed by atoms with Crippen LogP contribution in [-0.2, 0) is 0 Å². The van der Waals surface area contributed by atoms with Gasteiger partial charge in [0, 0.05) is 17.0 Å². The summed E-state index contributed by atoms with van der Waals surface area (Å²) in [6, 6.07) is 3.65. The molecule has 0 fully saturated rings. The van der Waals surface area contributed by atoms with Crippen LogP contribution in [0, 0.1) is 0 Å². The number of hydrogen-bond donors (Lipinski definition) is 2. The minimum atomic E-state index is -0.517. The van der Waals surface area contributed by atoms with Crippen molar-refractivity contribution in [1.29, 1.82) is 0 Å². The van der Waals surface area contributed by atoms with Crippen LogP contribution in [0.2, 0.25) is 0 Å². The lowest BCUT2D eigenvalue weighted by molar-refractivity contribution is 0.195. The smallest absolute Gasteiger partial charge is 0.102 e. The van der Waals surface area contributed by atoms with Crippen LogP contribution in [0.4, 0.5) is 0 Å². The molecular formula is C10H15NO2S. The second kappa shape index (κ2) is 5.34. The van der Waals surface area contributed by atoms with E-state index in [2.05, 4.69) is 4.98 Å². The Kier molecular flexibility index (Phi) is 4.38. The molecule has 1 aromatic heterocycles. The fourth-order valence-corrected chi connectivity index (χ4v) is 2.00. The van der Waals surface area contributed by atoms with Gasteiger partial charge in [-0.1, -0.05) is 13.0 Å². The standard InChI is InChI=1S/C10H15NO2S/c1-7(6-12)14-10-9(8(2)13)4-3-5-11-10/h3-5,7-8,12-13H,6H2,1-2H3. The first kappa shape index (κ1) is 11.5. The maximum atomic E-state index is 9.47. The predicted molar refractivity (Wildman–Crippen MR) is 57.3 cm³/mol. The third-order valence-corrected chi connectivity index (χ3v) is 2.94. The number of hydrogen-bond acceptors (Lipinski definition) is 4. The average Bonchev–Trinajstić information content (AvgIpc) is 2.18. The highest BCUT2D eigenvalue weighted by atomic mass is 32.2. The second-order valence-corrected chi connectivity index (χ2v) is 4.61. The highest BCUT2D eigenvalue weighted by molar-refractivity contribution is 7.99. The van der Waals surface area contributed by atoms with Crippen molar-refractivity contribution in [3.05, 3.63) is 23.9 Å². The third-order valence-electron chi connectivity index (χ3n) is 1.82. The first-order chi connectivity index (χ1) is 6.65. The summed E-state index contributed by atoms with van der Waals surface area (Å²) in [5.74, 6) is 0. The van der Waals surface area contributed by atoms with Gasteiger partial charge in [0.2, 0.25) is 0 Å². The van der Waals surface area contributed by atoms with Crippen LogP contribution in [0.15, 0.2) is 23.4 Å². The molecule has 78 valence electrons. The van der Waals surface area contributed by atoms with Crippen LogP contribution in [0.5, 0.6) is 0 Å². The molecular weight excluding hydrogens is 198 g/mol. The van der Waals surface area contributed by atoms with Gasteiger partial charge in [0.1, 0.15) is 5.03 Å². The summed E-state index contributed by atoms with van der Waals surface area (Å²) < 4.78 is 0. The van der Waals surface area contributed by atoms with Gasteiger partial charge in [-0.15, -0.1) is 11.8 Å². The van der Waals surface area contributed by atoms with E-state index < -0.39 is 6.10 Å². The van der Waals surface area contributed by atoms with E-state index in [-0.39, 0.29) is 11.9 Å². The van der Waals surface area contributed by atoms with Crippen LogP contribution in [0.3, 0.4) is 0 Å². The Morgan fingerprint density at radius 3 is 2.79 bits per heavy atom. The highest BCUT2D eigenvalue weighted by Crippen LogP contribution is 2.27. The lowest BCUT2D eigenvalue weighted by Gasteiger charge is -2.12. The summed E-state index contributed by atoms with van der Waals surface area (Å²) in [7, 11) is 0. The number of nitrogens with zero attached hydrogens (tertiary/aromatic N) is 1. The molecule has 0 saturated carbocycles. The summed E-state index contributed by atoms with van der Waals surface area (Å²) in [5, 5.41) is 19.3. The minimum absolute atomic E-state index is 0.0994. The quantitative estimate of drug-likeness (QED) is 0.746. The van der Waals surface area contributed by atoms with Crippen molar-refractivity contribution < 1.29 is 10.2 Å². The molecule has 1 rings (SSSR count). The molecule has 0 saturated heterocycles. The Hall–Kier alpha value is -0.580. The van der Waals surface area contributed by atoms with E-state index in [1.807, 2.05) is 13.0 Å². The molecule has 2 N–H and O–H groups in total. The van der Waals surface area contributed by atoms with Crippen LogP contribution < -0.4 is 0 Å². The van der Waals surface area contributed by atoms with Crippen molar-refractivity contribution in [3.8, 4) is 0 Å². The number of aromatic nitrogens is 1. The number of aliphatic hydroxyl groups is 2.